The molecule has 0 spiro atoms. The minimum absolute atomic E-state index is 0.148. The van der Waals surface area contributed by atoms with E-state index in [1.165, 1.54) is 0 Å². The number of carbonyl (C=O) groups excluding carboxylic acids is 2. The predicted molar refractivity (Wildman–Crippen MR) is 84.2 cm³/mol. The minimum Gasteiger partial charge on any atom is -0.352 e. The molecule has 3 fully saturated rings. The Balaban J connectivity index is 1.39. The van der Waals surface area contributed by atoms with Crippen LogP contribution < -0.4 is 5.32 Å². The maximum atomic E-state index is 12.5. The van der Waals surface area contributed by atoms with Gasteiger partial charge < -0.3 is 10.2 Å². The monoisotopic (exact) mass is 311 g/mol. The van der Waals surface area contributed by atoms with Crippen molar-refractivity contribution in [2.45, 2.75) is 31.7 Å². The Morgan fingerprint density at radius 3 is 2.29 bits per heavy atom. The molecule has 0 radical (unpaired) electrons. The van der Waals surface area contributed by atoms with Crippen molar-refractivity contribution in [1.82, 2.24) is 15.1 Å². The van der Waals surface area contributed by atoms with E-state index in [0.717, 1.165) is 63.4 Å². The van der Waals surface area contributed by atoms with Crippen molar-refractivity contribution < 1.29 is 9.59 Å². The van der Waals surface area contributed by atoms with E-state index >= 15 is 0 Å². The predicted octanol–water partition coefficient (Wildman–Crippen LogP) is 0.552. The van der Waals surface area contributed by atoms with Crippen LogP contribution >= 0.6 is 11.8 Å². The summed E-state index contributed by atoms with van der Waals surface area (Å²) in [6.45, 7) is 4.06. The molecule has 3 aliphatic rings. The first-order valence-corrected chi connectivity index (χ1v) is 9.26. The molecule has 2 amide bonds. The quantitative estimate of drug-likeness (QED) is 0.824. The number of hydrogen-bond acceptors (Lipinski definition) is 4. The molecule has 0 aromatic carbocycles. The van der Waals surface area contributed by atoms with Crippen LogP contribution in [0.3, 0.4) is 0 Å². The highest BCUT2D eigenvalue weighted by atomic mass is 32.2. The van der Waals surface area contributed by atoms with Gasteiger partial charge in [-0.05, 0) is 38.8 Å². The Morgan fingerprint density at radius 2 is 1.67 bits per heavy atom. The van der Waals surface area contributed by atoms with Gasteiger partial charge in [0.25, 0.3) is 0 Å². The van der Waals surface area contributed by atoms with Crippen LogP contribution in [-0.2, 0) is 9.59 Å². The van der Waals surface area contributed by atoms with Gasteiger partial charge >= 0.3 is 0 Å². The largest absolute Gasteiger partial charge is 0.352 e. The number of amides is 2. The molecule has 21 heavy (non-hydrogen) atoms. The maximum Gasteiger partial charge on any atom is 0.234 e. The molecule has 1 saturated carbocycles. The number of hydrogen-bond donors (Lipinski definition) is 1. The van der Waals surface area contributed by atoms with E-state index in [1.807, 2.05) is 16.7 Å². The van der Waals surface area contributed by atoms with Crippen molar-refractivity contribution in [3.8, 4) is 0 Å². The zero-order valence-corrected chi connectivity index (χ0v) is 13.4. The van der Waals surface area contributed by atoms with Crippen LogP contribution in [0.1, 0.15) is 25.7 Å². The number of nitrogens with one attached hydrogen (secondary N) is 1. The minimum atomic E-state index is 0.148. The molecule has 1 aliphatic carbocycles. The molecule has 118 valence electrons. The lowest BCUT2D eigenvalue weighted by atomic mass is 9.95. The summed E-state index contributed by atoms with van der Waals surface area (Å²) in [5, 5.41) is 3.03. The molecule has 2 saturated heterocycles. The number of piperidine rings is 1. The van der Waals surface area contributed by atoms with Gasteiger partial charge in [-0.3, -0.25) is 14.5 Å². The van der Waals surface area contributed by atoms with E-state index < -0.39 is 0 Å². The van der Waals surface area contributed by atoms with E-state index in [-0.39, 0.29) is 11.8 Å². The zero-order valence-electron chi connectivity index (χ0n) is 12.6. The lowest BCUT2D eigenvalue weighted by Gasteiger charge is -2.35. The van der Waals surface area contributed by atoms with Crippen molar-refractivity contribution in [2.24, 2.45) is 5.92 Å². The molecule has 0 aromatic rings. The third-order valence-electron chi connectivity index (χ3n) is 4.57. The van der Waals surface area contributed by atoms with Crippen molar-refractivity contribution in [3.63, 3.8) is 0 Å². The Bertz CT molecular complexity index is 386. The van der Waals surface area contributed by atoms with E-state index in [4.69, 9.17) is 0 Å². The highest BCUT2D eigenvalue weighted by Gasteiger charge is 2.30. The molecular weight excluding hydrogens is 286 g/mol. The number of rotatable bonds is 4. The second-order valence-electron chi connectivity index (χ2n) is 6.33. The molecule has 1 N–H and O–H groups in total. The molecule has 6 heteroatoms. The van der Waals surface area contributed by atoms with E-state index in [0.29, 0.717) is 18.5 Å². The zero-order chi connectivity index (χ0) is 14.7. The van der Waals surface area contributed by atoms with Crippen LogP contribution in [0.15, 0.2) is 0 Å². The van der Waals surface area contributed by atoms with Gasteiger partial charge in [-0.15, -0.1) is 0 Å². The maximum absolute atomic E-state index is 12.5. The number of carbonyl (C=O) groups is 2. The SMILES string of the molecule is O=C(CN1CCC(C(=O)N2CCSCC2)CC1)NC1CC1. The van der Waals surface area contributed by atoms with E-state index in [9.17, 15) is 9.59 Å². The Labute approximate surface area is 130 Å². The van der Waals surface area contributed by atoms with Crippen LogP contribution in [0.5, 0.6) is 0 Å². The summed E-state index contributed by atoms with van der Waals surface area (Å²) in [7, 11) is 0. The Hall–Kier alpha value is -0.750. The van der Waals surface area contributed by atoms with Gasteiger partial charge in [0.15, 0.2) is 0 Å². The number of thioether (sulfide) groups is 1. The first-order chi connectivity index (χ1) is 10.2. The average Bonchev–Trinajstić information content (AvgIpc) is 3.32. The Kier molecular flexibility index (Phi) is 5.06. The molecule has 0 bridgehead atoms. The molecule has 2 aliphatic heterocycles. The van der Waals surface area contributed by atoms with E-state index in [1.54, 1.807) is 0 Å². The summed E-state index contributed by atoms with van der Waals surface area (Å²) in [5.74, 6) is 2.82. The molecular formula is C15H25N3O2S. The normalized spacial score (nSPS) is 24.9. The van der Waals surface area contributed by atoms with Gasteiger partial charge in [0, 0.05) is 36.6 Å². The fourth-order valence-corrected chi connectivity index (χ4v) is 3.99. The summed E-state index contributed by atoms with van der Waals surface area (Å²) < 4.78 is 0. The lowest BCUT2D eigenvalue weighted by Crippen LogP contribution is -2.47. The molecule has 0 atom stereocenters. The van der Waals surface area contributed by atoms with Gasteiger partial charge in [-0.1, -0.05) is 0 Å². The number of likely N-dealkylation sites (tertiary alicyclic amines) is 1. The molecule has 2 heterocycles. The van der Waals surface area contributed by atoms with Crippen LogP contribution in [0.4, 0.5) is 0 Å². The Morgan fingerprint density at radius 1 is 1.00 bits per heavy atom. The summed E-state index contributed by atoms with van der Waals surface area (Å²) in [6, 6.07) is 0.439. The fraction of sp³-hybridized carbons (Fsp3) is 0.867. The van der Waals surface area contributed by atoms with Crippen molar-refractivity contribution in [2.75, 3.05) is 44.2 Å². The summed E-state index contributed by atoms with van der Waals surface area (Å²) in [5.41, 5.74) is 0. The average molecular weight is 311 g/mol. The topological polar surface area (TPSA) is 52.7 Å². The lowest BCUT2D eigenvalue weighted by molar-refractivity contribution is -0.136. The summed E-state index contributed by atoms with van der Waals surface area (Å²) in [4.78, 5) is 28.5. The van der Waals surface area contributed by atoms with Crippen molar-refractivity contribution in [1.29, 1.82) is 0 Å². The van der Waals surface area contributed by atoms with Gasteiger partial charge in [0.1, 0.15) is 0 Å². The van der Waals surface area contributed by atoms with Crippen molar-refractivity contribution >= 4 is 23.6 Å². The smallest absolute Gasteiger partial charge is 0.234 e. The molecule has 5 nitrogen and oxygen atoms in total. The third kappa shape index (κ3) is 4.36. The third-order valence-corrected chi connectivity index (χ3v) is 5.51. The van der Waals surface area contributed by atoms with Crippen LogP contribution in [-0.4, -0.2) is 71.9 Å². The first-order valence-electron chi connectivity index (χ1n) is 8.10. The summed E-state index contributed by atoms with van der Waals surface area (Å²) >= 11 is 1.93. The second kappa shape index (κ2) is 7.01. The first kappa shape index (κ1) is 15.2. The molecule has 0 aromatic heterocycles. The van der Waals surface area contributed by atoms with Gasteiger partial charge in [-0.25, -0.2) is 0 Å². The second-order valence-corrected chi connectivity index (χ2v) is 7.55. The van der Waals surface area contributed by atoms with E-state index in [2.05, 4.69) is 10.2 Å². The summed E-state index contributed by atoms with van der Waals surface area (Å²) in [6.07, 6.45) is 4.07. The molecule has 0 unspecified atom stereocenters. The van der Waals surface area contributed by atoms with Gasteiger partial charge in [-0.2, -0.15) is 11.8 Å². The van der Waals surface area contributed by atoms with Crippen LogP contribution in [0, 0.1) is 5.92 Å². The van der Waals surface area contributed by atoms with Crippen LogP contribution in [0.2, 0.25) is 0 Å². The highest BCUT2D eigenvalue weighted by Crippen LogP contribution is 2.22. The highest BCUT2D eigenvalue weighted by molar-refractivity contribution is 7.99. The fourth-order valence-electron chi connectivity index (χ4n) is 3.08. The standard InChI is InChI=1S/C15H25N3O2S/c19-14(16-13-1-2-13)11-17-5-3-12(4-6-17)15(20)18-7-9-21-10-8-18/h12-13H,1-11H2,(H,16,19). The molecule has 3 rings (SSSR count). The van der Waals surface area contributed by atoms with Gasteiger partial charge in [0.05, 0.1) is 6.54 Å². The van der Waals surface area contributed by atoms with Gasteiger partial charge in [0.2, 0.25) is 11.8 Å². The van der Waals surface area contributed by atoms with Crippen molar-refractivity contribution in [3.05, 3.63) is 0 Å². The van der Waals surface area contributed by atoms with Crippen LogP contribution in [0.25, 0.3) is 0 Å². The number of nitrogens with zero attached hydrogens (tertiary/aromatic N) is 2.